The van der Waals surface area contributed by atoms with E-state index in [1.807, 2.05) is 24.0 Å². The van der Waals surface area contributed by atoms with Crippen LogP contribution in [0.2, 0.25) is 10.0 Å². The maximum Gasteiger partial charge on any atom is 0.262 e. The van der Waals surface area contributed by atoms with Crippen molar-refractivity contribution >= 4 is 76.1 Å². The SMILES string of the molecule is CC1CC2(C1)CN(c1ccc(C(=N)c3cc(O[C@H](C)c4c(Cl)cncc4Cl)ccc3N)cn1)C2.O=CN1CCN(c2ccc3c(c2)C(=O)N(C2CCC(=O)NC2=O)C3=O)CC1. The summed E-state index contributed by atoms with van der Waals surface area (Å²) < 4.78 is 6.09. The van der Waals surface area contributed by atoms with Crippen LogP contribution in [-0.2, 0) is 14.4 Å². The van der Waals surface area contributed by atoms with Gasteiger partial charge < -0.3 is 25.2 Å². The second-order valence-corrected chi connectivity index (χ2v) is 17.3. The van der Waals surface area contributed by atoms with Gasteiger partial charge in [-0.05, 0) is 80.6 Å². The molecule has 61 heavy (non-hydrogen) atoms. The van der Waals surface area contributed by atoms with Gasteiger partial charge in [-0.25, -0.2) is 4.98 Å². The Morgan fingerprint density at radius 3 is 2.28 bits per heavy atom. The molecule has 4 fully saturated rings. The number of piperidine rings is 1. The third kappa shape index (κ3) is 8.23. The predicted molar refractivity (Wildman–Crippen MR) is 230 cm³/mol. The van der Waals surface area contributed by atoms with Crippen molar-refractivity contribution in [3.63, 3.8) is 0 Å². The number of pyridine rings is 2. The number of anilines is 3. The molecule has 3 saturated heterocycles. The van der Waals surface area contributed by atoms with Crippen LogP contribution in [0.1, 0.15) is 83.0 Å². The van der Waals surface area contributed by atoms with Crippen LogP contribution in [0.3, 0.4) is 0 Å². The molecule has 1 aliphatic carbocycles. The Balaban J connectivity index is 0.000000173. The second-order valence-electron chi connectivity index (χ2n) is 16.5. The van der Waals surface area contributed by atoms with Gasteiger partial charge in [0.15, 0.2) is 0 Å². The van der Waals surface area contributed by atoms with E-state index in [9.17, 15) is 24.0 Å². The monoisotopic (exact) mass is 865 g/mol. The van der Waals surface area contributed by atoms with E-state index in [1.54, 1.807) is 47.5 Å². The largest absolute Gasteiger partial charge is 0.486 e. The Morgan fingerprint density at radius 2 is 1.64 bits per heavy atom. The summed E-state index contributed by atoms with van der Waals surface area (Å²) in [7, 11) is 0. The lowest BCUT2D eigenvalue weighted by Gasteiger charge is -2.59. The second kappa shape index (κ2) is 16.8. The fourth-order valence-electron chi connectivity index (χ4n) is 9.12. The van der Waals surface area contributed by atoms with Crippen LogP contribution in [0.5, 0.6) is 5.75 Å². The minimum absolute atomic E-state index is 0.0933. The molecule has 316 valence electrons. The van der Waals surface area contributed by atoms with Crippen LogP contribution in [0, 0.1) is 16.7 Å². The summed E-state index contributed by atoms with van der Waals surface area (Å²) in [4.78, 5) is 75.4. The van der Waals surface area contributed by atoms with Gasteiger partial charge in [-0.2, -0.15) is 0 Å². The van der Waals surface area contributed by atoms with E-state index in [0.717, 1.165) is 41.8 Å². The van der Waals surface area contributed by atoms with Crippen LogP contribution < -0.4 is 25.6 Å². The molecule has 0 bridgehead atoms. The molecule has 1 spiro atoms. The molecular formula is C44H45Cl2N9O6. The maximum absolute atomic E-state index is 12.8. The van der Waals surface area contributed by atoms with Crippen molar-refractivity contribution in [3.8, 4) is 5.75 Å². The van der Waals surface area contributed by atoms with Crippen molar-refractivity contribution in [2.75, 3.05) is 54.8 Å². The van der Waals surface area contributed by atoms with Gasteiger partial charge in [0.2, 0.25) is 18.2 Å². The molecule has 4 aromatic rings. The first-order chi connectivity index (χ1) is 29.2. The van der Waals surface area contributed by atoms with Crippen molar-refractivity contribution in [1.82, 2.24) is 25.1 Å². The number of nitrogens with two attached hydrogens (primary N) is 1. The molecule has 1 saturated carbocycles. The number of halogens is 2. The summed E-state index contributed by atoms with van der Waals surface area (Å²) in [5.74, 6) is 0.336. The lowest BCUT2D eigenvalue weighted by atomic mass is 9.58. The summed E-state index contributed by atoms with van der Waals surface area (Å²) in [5, 5.41) is 11.8. The molecule has 2 atom stereocenters. The number of ether oxygens (including phenoxy) is 1. The molecule has 2 aromatic heterocycles. The van der Waals surface area contributed by atoms with Crippen LogP contribution >= 0.6 is 23.2 Å². The number of fused-ring (bicyclic) bond motifs is 1. The highest BCUT2D eigenvalue weighted by Gasteiger charge is 2.51. The highest BCUT2D eigenvalue weighted by Crippen LogP contribution is 2.52. The topological polar surface area (TPSA) is 195 Å². The number of carbonyl (C=O) groups is 5. The van der Waals surface area contributed by atoms with E-state index in [2.05, 4.69) is 27.1 Å². The van der Waals surface area contributed by atoms with Gasteiger partial charge in [-0.15, -0.1) is 0 Å². The third-order valence-electron chi connectivity index (χ3n) is 12.1. The highest BCUT2D eigenvalue weighted by molar-refractivity contribution is 6.35. The number of benzene rings is 2. The molecule has 4 N–H and O–H groups in total. The van der Waals surface area contributed by atoms with E-state index in [4.69, 9.17) is 39.1 Å². The van der Waals surface area contributed by atoms with E-state index >= 15 is 0 Å². The van der Waals surface area contributed by atoms with Gasteiger partial charge in [0.25, 0.3) is 11.8 Å². The number of hydrogen-bond donors (Lipinski definition) is 3. The maximum atomic E-state index is 12.8. The van der Waals surface area contributed by atoms with Crippen molar-refractivity contribution in [2.24, 2.45) is 11.3 Å². The van der Waals surface area contributed by atoms with Crippen LogP contribution in [0.4, 0.5) is 17.2 Å². The average molecular weight is 867 g/mol. The average Bonchev–Trinajstić information content (AvgIpc) is 3.47. The first-order valence-electron chi connectivity index (χ1n) is 20.2. The summed E-state index contributed by atoms with van der Waals surface area (Å²) >= 11 is 12.5. The zero-order valence-electron chi connectivity index (χ0n) is 33.7. The standard InChI is InChI=1S/C26H27Cl2N5O.C18H18N4O5/c1-15-8-26(9-15)13-33(14-26)23-6-3-17(10-32-23)25(30)19-7-18(4-5-22(19)29)34-16(2)24-20(27)11-31-12-21(24)28;23-10-20-5-7-21(8-6-20)11-1-2-12-13(9-11)18(27)22(17(12)26)14-3-4-15(24)19-16(14)25/h3-7,10-12,15-16,30H,8-9,13-14,29H2,1-2H3;1-2,9-10,14H,3-8H2,(H,19,24,25)/t16-;/m1./s1. The number of nitrogens with one attached hydrogen (secondary N) is 2. The minimum Gasteiger partial charge on any atom is -0.486 e. The lowest BCUT2D eigenvalue weighted by Crippen LogP contribution is -2.62. The molecule has 15 nitrogen and oxygen atoms in total. The molecule has 1 unspecified atom stereocenters. The Kier molecular flexibility index (Phi) is 11.5. The summed E-state index contributed by atoms with van der Waals surface area (Å²) in [6.45, 7) is 8.80. The number of hydrogen-bond acceptors (Lipinski definition) is 12. The van der Waals surface area contributed by atoms with Crippen LogP contribution in [0.25, 0.3) is 0 Å². The van der Waals surface area contributed by atoms with E-state index in [-0.39, 0.29) is 24.0 Å². The number of amides is 5. The summed E-state index contributed by atoms with van der Waals surface area (Å²) in [6, 6.07) is 13.3. The normalized spacial score (nSPS) is 20.0. The van der Waals surface area contributed by atoms with Crippen molar-refractivity contribution in [2.45, 2.75) is 51.7 Å². The van der Waals surface area contributed by atoms with Gasteiger partial charge in [0.05, 0.1) is 26.9 Å². The fourth-order valence-corrected chi connectivity index (χ4v) is 9.79. The molecule has 6 heterocycles. The Bertz CT molecular complexity index is 2410. The predicted octanol–water partition coefficient (Wildman–Crippen LogP) is 5.52. The van der Waals surface area contributed by atoms with E-state index in [0.29, 0.717) is 75.5 Å². The fraction of sp³-hybridized carbons (Fsp3) is 0.364. The molecule has 17 heteroatoms. The molecule has 9 rings (SSSR count). The molecule has 2 aromatic carbocycles. The van der Waals surface area contributed by atoms with E-state index in [1.165, 1.54) is 25.2 Å². The number of nitrogen functional groups attached to an aromatic ring is 1. The number of aromatic nitrogens is 2. The Morgan fingerprint density at radius 1 is 0.934 bits per heavy atom. The van der Waals surface area contributed by atoms with Gasteiger partial charge in [-0.3, -0.25) is 44.6 Å². The number of rotatable bonds is 9. The van der Waals surface area contributed by atoms with Gasteiger partial charge >= 0.3 is 0 Å². The highest BCUT2D eigenvalue weighted by atomic mass is 35.5. The zero-order valence-corrected chi connectivity index (χ0v) is 35.2. The molecule has 5 amide bonds. The molecule has 0 radical (unpaired) electrons. The Hall–Kier alpha value is -6.06. The minimum atomic E-state index is -0.963. The van der Waals surface area contributed by atoms with Crippen LogP contribution in [0.15, 0.2) is 67.1 Å². The first kappa shape index (κ1) is 41.7. The van der Waals surface area contributed by atoms with Crippen molar-refractivity contribution < 1.29 is 28.7 Å². The van der Waals surface area contributed by atoms with Crippen molar-refractivity contribution in [1.29, 1.82) is 5.41 Å². The van der Waals surface area contributed by atoms with Gasteiger partial charge in [-0.1, -0.05) is 30.1 Å². The van der Waals surface area contributed by atoms with Gasteiger partial charge in [0.1, 0.15) is 23.7 Å². The molecule has 4 aliphatic heterocycles. The number of carbonyl (C=O) groups excluding carboxylic acids is 5. The zero-order chi connectivity index (χ0) is 43.2. The van der Waals surface area contributed by atoms with Gasteiger partial charge in [0, 0.05) is 97.8 Å². The Labute approximate surface area is 362 Å². The number of piperazine rings is 1. The first-order valence-corrected chi connectivity index (χ1v) is 20.9. The lowest BCUT2D eigenvalue weighted by molar-refractivity contribution is -0.136. The van der Waals surface area contributed by atoms with Crippen molar-refractivity contribution in [3.05, 3.63) is 105 Å². The molecular weight excluding hydrogens is 821 g/mol. The third-order valence-corrected chi connectivity index (χ3v) is 12.7. The molecule has 5 aliphatic rings. The summed E-state index contributed by atoms with van der Waals surface area (Å²) in [6.07, 6.45) is 8.11. The van der Waals surface area contributed by atoms with Crippen LogP contribution in [-0.4, -0.2) is 101 Å². The smallest absolute Gasteiger partial charge is 0.262 e. The number of imide groups is 2. The van der Waals surface area contributed by atoms with E-state index < -0.39 is 35.8 Å². The number of nitrogens with zero attached hydrogens (tertiary/aromatic N) is 6. The summed E-state index contributed by atoms with van der Waals surface area (Å²) in [5.41, 5.74) is 10.8. The quantitative estimate of drug-likeness (QED) is 0.0830.